The molecule has 128 valence electrons. The molecule has 1 aromatic carbocycles. The third-order valence-electron chi connectivity index (χ3n) is 3.07. The highest BCUT2D eigenvalue weighted by Crippen LogP contribution is 2.23. The summed E-state index contributed by atoms with van der Waals surface area (Å²) in [5.74, 6) is -0.645. The molecule has 0 fully saturated rings. The fraction of sp³-hybridized carbons (Fsp3) is 0.333. The summed E-state index contributed by atoms with van der Waals surface area (Å²) < 4.78 is 18.3. The first-order valence-corrected chi connectivity index (χ1v) is 8.29. The molecule has 0 saturated heterocycles. The van der Waals surface area contributed by atoms with Crippen molar-refractivity contribution < 1.29 is 18.4 Å². The second-order valence-electron chi connectivity index (χ2n) is 5.00. The third kappa shape index (κ3) is 5.34. The molecule has 0 aliphatic heterocycles. The molecule has 1 aromatic heterocycles. The van der Waals surface area contributed by atoms with Gasteiger partial charge >= 0.3 is 6.03 Å². The molecule has 0 spiro atoms. The number of urea groups is 1. The van der Waals surface area contributed by atoms with Crippen LogP contribution in [0.25, 0.3) is 11.5 Å². The number of hydrogen-bond donors (Lipinski definition) is 2. The van der Waals surface area contributed by atoms with Crippen molar-refractivity contribution in [2.24, 2.45) is 0 Å². The lowest BCUT2D eigenvalue weighted by Crippen LogP contribution is -2.43. The lowest BCUT2D eigenvalue weighted by molar-refractivity contribution is -0.117. The molecule has 9 heteroatoms. The molecule has 0 unspecified atom stereocenters. The maximum absolute atomic E-state index is 12.9. The van der Waals surface area contributed by atoms with Crippen molar-refractivity contribution >= 4 is 23.7 Å². The molecule has 1 heterocycles. The average molecular weight is 352 g/mol. The van der Waals surface area contributed by atoms with Gasteiger partial charge in [-0.25, -0.2) is 9.18 Å². The Hall–Kier alpha value is -2.42. The molecule has 0 bridgehead atoms. The van der Waals surface area contributed by atoms with Crippen LogP contribution in [0.1, 0.15) is 20.3 Å². The van der Waals surface area contributed by atoms with Crippen molar-refractivity contribution in [3.8, 4) is 11.5 Å². The van der Waals surface area contributed by atoms with E-state index >= 15 is 0 Å². The Labute approximate surface area is 142 Å². The number of aromatic nitrogens is 2. The first-order valence-electron chi connectivity index (χ1n) is 7.30. The minimum absolute atomic E-state index is 0.0142. The van der Waals surface area contributed by atoms with E-state index in [0.717, 1.165) is 18.2 Å². The zero-order chi connectivity index (χ0) is 17.5. The Morgan fingerprint density at radius 3 is 2.67 bits per heavy atom. The normalized spacial score (nSPS) is 11.8. The first kappa shape index (κ1) is 17.9. The zero-order valence-corrected chi connectivity index (χ0v) is 14.0. The van der Waals surface area contributed by atoms with Gasteiger partial charge in [-0.05, 0) is 37.6 Å². The molecule has 7 nitrogen and oxygen atoms in total. The zero-order valence-electron chi connectivity index (χ0n) is 13.2. The van der Waals surface area contributed by atoms with E-state index in [1.54, 1.807) is 0 Å². The number of carbonyl (C=O) groups excluding carboxylic acids is 2. The van der Waals surface area contributed by atoms with Crippen molar-refractivity contribution in [3.63, 3.8) is 0 Å². The summed E-state index contributed by atoms with van der Waals surface area (Å²) in [6.45, 7) is 3.77. The lowest BCUT2D eigenvalue weighted by Gasteiger charge is -2.11. The number of nitrogens with one attached hydrogen (secondary N) is 2. The summed E-state index contributed by atoms with van der Waals surface area (Å²) >= 11 is 1.01. The molecule has 0 aliphatic carbocycles. The Kier molecular flexibility index (Phi) is 6.30. The van der Waals surface area contributed by atoms with Gasteiger partial charge in [0.1, 0.15) is 5.82 Å². The van der Waals surface area contributed by atoms with Gasteiger partial charge in [-0.15, -0.1) is 10.2 Å². The summed E-state index contributed by atoms with van der Waals surface area (Å²) in [4.78, 5) is 23.2. The van der Waals surface area contributed by atoms with E-state index in [9.17, 15) is 14.0 Å². The standard InChI is InChI=1S/C15H17FN4O3S/c1-3-9(2)17-14(22)18-12(21)8-24-15-20-19-13(23-15)10-4-6-11(16)7-5-10/h4-7,9H,3,8H2,1-2H3,(H2,17,18,21,22)/t9-/m0/s1. The van der Waals surface area contributed by atoms with Crippen LogP contribution in [0.4, 0.5) is 9.18 Å². The number of imide groups is 1. The van der Waals surface area contributed by atoms with E-state index in [1.165, 1.54) is 24.3 Å². The second-order valence-corrected chi connectivity index (χ2v) is 5.93. The molecule has 2 N–H and O–H groups in total. The van der Waals surface area contributed by atoms with Gasteiger partial charge in [-0.3, -0.25) is 10.1 Å². The summed E-state index contributed by atoms with van der Waals surface area (Å²) in [5.41, 5.74) is 0.577. The van der Waals surface area contributed by atoms with Gasteiger partial charge in [-0.2, -0.15) is 0 Å². The third-order valence-corrected chi connectivity index (χ3v) is 3.89. The number of carbonyl (C=O) groups is 2. The largest absolute Gasteiger partial charge is 0.411 e. The van der Waals surface area contributed by atoms with E-state index in [-0.39, 0.29) is 28.7 Å². The van der Waals surface area contributed by atoms with Crippen molar-refractivity contribution in [1.29, 1.82) is 0 Å². The quantitative estimate of drug-likeness (QED) is 0.776. The smallest absolute Gasteiger partial charge is 0.321 e. The summed E-state index contributed by atoms with van der Waals surface area (Å²) in [6, 6.07) is 5.06. The summed E-state index contributed by atoms with van der Waals surface area (Å²) in [5, 5.41) is 12.7. The van der Waals surface area contributed by atoms with Crippen LogP contribution in [-0.4, -0.2) is 33.9 Å². The maximum Gasteiger partial charge on any atom is 0.321 e. The van der Waals surface area contributed by atoms with E-state index < -0.39 is 11.9 Å². The van der Waals surface area contributed by atoms with Gasteiger partial charge in [0.2, 0.25) is 11.8 Å². The highest BCUT2D eigenvalue weighted by molar-refractivity contribution is 7.99. The van der Waals surface area contributed by atoms with Gasteiger partial charge in [0.15, 0.2) is 0 Å². The number of hydrogen-bond acceptors (Lipinski definition) is 6. The minimum Gasteiger partial charge on any atom is -0.411 e. The predicted octanol–water partition coefficient (Wildman–Crippen LogP) is 2.59. The molecular formula is C15H17FN4O3S. The van der Waals surface area contributed by atoms with Gasteiger partial charge in [0, 0.05) is 11.6 Å². The van der Waals surface area contributed by atoms with Crippen LogP contribution in [0, 0.1) is 5.82 Å². The van der Waals surface area contributed by atoms with Crippen molar-refractivity contribution in [2.75, 3.05) is 5.75 Å². The Morgan fingerprint density at radius 1 is 1.29 bits per heavy atom. The van der Waals surface area contributed by atoms with E-state index in [1.807, 2.05) is 13.8 Å². The number of nitrogens with zero attached hydrogens (tertiary/aromatic N) is 2. The van der Waals surface area contributed by atoms with E-state index in [0.29, 0.717) is 5.56 Å². The molecule has 1 atom stereocenters. The van der Waals surface area contributed by atoms with Crippen LogP contribution in [0.2, 0.25) is 0 Å². The summed E-state index contributed by atoms with van der Waals surface area (Å²) in [6.07, 6.45) is 0.768. The molecule has 2 aromatic rings. The highest BCUT2D eigenvalue weighted by Gasteiger charge is 2.13. The molecule has 0 saturated carbocycles. The van der Waals surface area contributed by atoms with Crippen LogP contribution in [-0.2, 0) is 4.79 Å². The molecule has 24 heavy (non-hydrogen) atoms. The van der Waals surface area contributed by atoms with Gasteiger partial charge < -0.3 is 9.73 Å². The predicted molar refractivity (Wildman–Crippen MR) is 86.8 cm³/mol. The fourth-order valence-electron chi connectivity index (χ4n) is 1.63. The second kappa shape index (κ2) is 8.44. The van der Waals surface area contributed by atoms with Gasteiger partial charge in [0.05, 0.1) is 5.75 Å². The highest BCUT2D eigenvalue weighted by atomic mass is 32.2. The van der Waals surface area contributed by atoms with Crippen molar-refractivity contribution in [1.82, 2.24) is 20.8 Å². The van der Waals surface area contributed by atoms with E-state index in [2.05, 4.69) is 20.8 Å². The molecule has 3 amide bonds. The van der Waals surface area contributed by atoms with Gasteiger partial charge in [0.25, 0.3) is 5.22 Å². The van der Waals surface area contributed by atoms with Crippen molar-refractivity contribution in [2.45, 2.75) is 31.5 Å². The van der Waals surface area contributed by atoms with Crippen LogP contribution in [0.15, 0.2) is 33.9 Å². The van der Waals surface area contributed by atoms with Crippen LogP contribution >= 0.6 is 11.8 Å². The van der Waals surface area contributed by atoms with E-state index in [4.69, 9.17) is 4.42 Å². The maximum atomic E-state index is 12.9. The Balaban J connectivity index is 1.83. The van der Waals surface area contributed by atoms with Crippen LogP contribution in [0.5, 0.6) is 0 Å². The molecule has 2 rings (SSSR count). The number of amides is 3. The average Bonchev–Trinajstić information content (AvgIpc) is 3.02. The molecular weight excluding hydrogens is 335 g/mol. The van der Waals surface area contributed by atoms with Gasteiger partial charge in [-0.1, -0.05) is 18.7 Å². The SMILES string of the molecule is CC[C@H](C)NC(=O)NC(=O)CSc1nnc(-c2ccc(F)cc2)o1. The first-order chi connectivity index (χ1) is 11.5. The molecule has 0 aliphatic rings. The minimum atomic E-state index is -0.535. The van der Waals surface area contributed by atoms with Crippen LogP contribution < -0.4 is 10.6 Å². The number of halogens is 1. The Morgan fingerprint density at radius 2 is 2.00 bits per heavy atom. The summed E-state index contributed by atoms with van der Waals surface area (Å²) in [7, 11) is 0. The number of thioether (sulfide) groups is 1. The fourth-order valence-corrected chi connectivity index (χ4v) is 2.19. The monoisotopic (exact) mass is 352 g/mol. The van der Waals surface area contributed by atoms with Crippen LogP contribution in [0.3, 0.4) is 0 Å². The molecule has 0 radical (unpaired) electrons. The number of rotatable bonds is 6. The number of benzene rings is 1. The van der Waals surface area contributed by atoms with Crippen molar-refractivity contribution in [3.05, 3.63) is 30.1 Å². The lowest BCUT2D eigenvalue weighted by atomic mass is 10.2. The topological polar surface area (TPSA) is 97.1 Å². The Bertz CT molecular complexity index is 705.